The minimum Gasteiger partial charge on any atom is -0.478 e. The molecule has 0 aliphatic carbocycles. The number of carbonyl (C=O) groups is 1. The van der Waals surface area contributed by atoms with Crippen molar-refractivity contribution >= 4 is 29.6 Å². The van der Waals surface area contributed by atoms with Crippen molar-refractivity contribution in [1.29, 1.82) is 0 Å². The zero-order valence-electron chi connectivity index (χ0n) is 10.2. The summed E-state index contributed by atoms with van der Waals surface area (Å²) in [6, 6.07) is 4.91. The van der Waals surface area contributed by atoms with E-state index in [9.17, 15) is 4.79 Å². The van der Waals surface area contributed by atoms with Crippen molar-refractivity contribution in [2.24, 2.45) is 0 Å². The highest BCUT2D eigenvalue weighted by Gasteiger charge is 2.19. The average Bonchev–Trinajstić information content (AvgIpc) is 2.98. The van der Waals surface area contributed by atoms with Gasteiger partial charge in [0.15, 0.2) is 5.16 Å². The number of hydrogen-bond donors (Lipinski definition) is 2. The number of carboxylic acids is 1. The van der Waals surface area contributed by atoms with E-state index < -0.39 is 5.97 Å². The summed E-state index contributed by atoms with van der Waals surface area (Å²) in [4.78, 5) is 15.4. The fraction of sp³-hybridized carbons (Fsp3) is 0.385. The Morgan fingerprint density at radius 1 is 1.58 bits per heavy atom. The molecule has 1 aromatic heterocycles. The van der Waals surface area contributed by atoms with Gasteiger partial charge in [-0.3, -0.25) is 0 Å². The van der Waals surface area contributed by atoms with Gasteiger partial charge in [0.2, 0.25) is 0 Å². The van der Waals surface area contributed by atoms with Crippen molar-refractivity contribution in [3.8, 4) is 0 Å². The maximum atomic E-state index is 11.0. The van der Waals surface area contributed by atoms with Gasteiger partial charge in [-0.2, -0.15) is 0 Å². The molecular formula is C13H14N2O3S. The molecule has 6 heteroatoms. The first-order chi connectivity index (χ1) is 9.15. The summed E-state index contributed by atoms with van der Waals surface area (Å²) in [5.41, 5.74) is 1.81. The van der Waals surface area contributed by atoms with E-state index in [0.29, 0.717) is 11.7 Å². The van der Waals surface area contributed by atoms with Gasteiger partial charge in [-0.05, 0) is 31.0 Å². The van der Waals surface area contributed by atoms with Gasteiger partial charge in [0.05, 0.1) is 29.2 Å². The van der Waals surface area contributed by atoms with Crippen LogP contribution in [0.1, 0.15) is 23.2 Å². The summed E-state index contributed by atoms with van der Waals surface area (Å²) < 4.78 is 7.53. The maximum Gasteiger partial charge on any atom is 0.335 e. The third-order valence-electron chi connectivity index (χ3n) is 3.39. The van der Waals surface area contributed by atoms with Gasteiger partial charge >= 0.3 is 5.97 Å². The molecule has 1 fully saturated rings. The Bertz CT molecular complexity index is 632. The largest absolute Gasteiger partial charge is 0.478 e. The van der Waals surface area contributed by atoms with Crippen molar-refractivity contribution in [3.63, 3.8) is 0 Å². The standard InChI is InChI=1S/C13H14N2O3S/c16-12(17)8-3-4-10-11(6-8)15(13(19)14-10)7-9-2-1-5-18-9/h3-4,6,9H,1-2,5,7H2,(H,14,19)(H,16,17)/t9-/m0/s1. The molecular weight excluding hydrogens is 264 g/mol. The van der Waals surface area contributed by atoms with E-state index in [2.05, 4.69) is 17.6 Å². The molecule has 1 aromatic carbocycles. The number of nitrogens with zero attached hydrogens (tertiary/aromatic N) is 2. The summed E-state index contributed by atoms with van der Waals surface area (Å²) in [5, 5.41) is 9.64. The Hall–Kier alpha value is -1.53. The molecule has 2 aromatic rings. The molecule has 0 unspecified atom stereocenters. The molecule has 1 N–H and O–H groups in total. The summed E-state index contributed by atoms with van der Waals surface area (Å²) >= 11 is 4.36. The second-order valence-corrected chi connectivity index (χ2v) is 5.07. The number of rotatable bonds is 3. The zero-order chi connectivity index (χ0) is 13.4. The highest BCUT2D eigenvalue weighted by Crippen LogP contribution is 2.23. The second-order valence-electron chi connectivity index (χ2n) is 4.67. The lowest BCUT2D eigenvalue weighted by atomic mass is 10.2. The Kier molecular flexibility index (Phi) is 3.20. The normalized spacial score (nSPS) is 19.1. The van der Waals surface area contributed by atoms with Crippen LogP contribution in [0.3, 0.4) is 0 Å². The van der Waals surface area contributed by atoms with Gasteiger partial charge < -0.3 is 14.4 Å². The molecule has 0 amide bonds. The summed E-state index contributed by atoms with van der Waals surface area (Å²) in [6.07, 6.45) is 2.25. The smallest absolute Gasteiger partial charge is 0.335 e. The van der Waals surface area contributed by atoms with Gasteiger partial charge in [0.25, 0.3) is 0 Å². The minimum atomic E-state index is -0.938. The third-order valence-corrected chi connectivity index (χ3v) is 3.73. The lowest BCUT2D eigenvalue weighted by Crippen LogP contribution is -2.15. The number of aromatic carboxylic acids is 1. The van der Waals surface area contributed by atoms with Crippen molar-refractivity contribution in [3.05, 3.63) is 23.8 Å². The van der Waals surface area contributed by atoms with E-state index in [1.54, 1.807) is 18.2 Å². The molecule has 1 saturated heterocycles. The number of fused-ring (bicyclic) bond motifs is 1. The van der Waals surface area contributed by atoms with E-state index in [4.69, 9.17) is 9.84 Å². The molecule has 100 valence electrons. The van der Waals surface area contributed by atoms with Crippen LogP contribution in [-0.2, 0) is 11.3 Å². The van der Waals surface area contributed by atoms with Gasteiger partial charge in [-0.15, -0.1) is 12.6 Å². The topological polar surface area (TPSA) is 64.3 Å². The molecule has 1 aliphatic heterocycles. The van der Waals surface area contributed by atoms with Crippen molar-refractivity contribution in [1.82, 2.24) is 9.55 Å². The first-order valence-corrected chi connectivity index (χ1v) is 6.64. The molecule has 3 rings (SSSR count). The summed E-state index contributed by atoms with van der Waals surface area (Å²) in [6.45, 7) is 1.46. The van der Waals surface area contributed by atoms with Crippen LogP contribution in [-0.4, -0.2) is 33.3 Å². The van der Waals surface area contributed by atoms with E-state index in [0.717, 1.165) is 30.5 Å². The molecule has 5 nitrogen and oxygen atoms in total. The van der Waals surface area contributed by atoms with Crippen LogP contribution in [0.15, 0.2) is 23.4 Å². The average molecular weight is 278 g/mol. The Morgan fingerprint density at radius 3 is 3.11 bits per heavy atom. The predicted octanol–water partition coefficient (Wildman–Crippen LogP) is 2.20. The first-order valence-electron chi connectivity index (χ1n) is 6.19. The summed E-state index contributed by atoms with van der Waals surface area (Å²) in [7, 11) is 0. The SMILES string of the molecule is O=C(O)c1ccc2nc(S)n(C[C@@H]3CCCO3)c2c1. The summed E-state index contributed by atoms with van der Waals surface area (Å²) in [5.74, 6) is -0.938. The van der Waals surface area contributed by atoms with Gasteiger partial charge in [0.1, 0.15) is 0 Å². The fourth-order valence-corrected chi connectivity index (χ4v) is 2.71. The fourth-order valence-electron chi connectivity index (χ4n) is 2.41. The van der Waals surface area contributed by atoms with Gasteiger partial charge in [-0.25, -0.2) is 9.78 Å². The van der Waals surface area contributed by atoms with Gasteiger partial charge in [0, 0.05) is 6.61 Å². The third kappa shape index (κ3) is 2.33. The van der Waals surface area contributed by atoms with E-state index >= 15 is 0 Å². The molecule has 2 heterocycles. The molecule has 0 saturated carbocycles. The van der Waals surface area contributed by atoms with Crippen molar-refractivity contribution in [2.45, 2.75) is 30.6 Å². The minimum absolute atomic E-state index is 0.164. The lowest BCUT2D eigenvalue weighted by molar-refractivity contribution is 0.0697. The highest BCUT2D eigenvalue weighted by molar-refractivity contribution is 7.80. The molecule has 1 aliphatic rings. The number of carboxylic acid groups (broad SMARTS) is 1. The van der Waals surface area contributed by atoms with Crippen LogP contribution in [0.2, 0.25) is 0 Å². The molecule has 19 heavy (non-hydrogen) atoms. The van der Waals surface area contributed by atoms with Crippen LogP contribution in [0.5, 0.6) is 0 Å². The van der Waals surface area contributed by atoms with E-state index in [1.807, 2.05) is 4.57 Å². The Balaban J connectivity index is 2.03. The van der Waals surface area contributed by atoms with Crippen molar-refractivity contribution < 1.29 is 14.6 Å². The van der Waals surface area contributed by atoms with E-state index in [1.165, 1.54) is 0 Å². The maximum absolute atomic E-state index is 11.0. The first kappa shape index (κ1) is 12.5. The number of hydrogen-bond acceptors (Lipinski definition) is 4. The molecule has 1 atom stereocenters. The molecule has 0 radical (unpaired) electrons. The number of thiol groups is 1. The quantitative estimate of drug-likeness (QED) is 0.845. The van der Waals surface area contributed by atoms with Crippen LogP contribution in [0.4, 0.5) is 0 Å². The zero-order valence-corrected chi connectivity index (χ0v) is 11.1. The van der Waals surface area contributed by atoms with Crippen LogP contribution in [0.25, 0.3) is 11.0 Å². The van der Waals surface area contributed by atoms with Crippen LogP contribution in [0, 0.1) is 0 Å². The number of aromatic nitrogens is 2. The number of imidazole rings is 1. The Morgan fingerprint density at radius 2 is 2.42 bits per heavy atom. The van der Waals surface area contributed by atoms with Gasteiger partial charge in [-0.1, -0.05) is 0 Å². The van der Waals surface area contributed by atoms with E-state index in [-0.39, 0.29) is 11.7 Å². The second kappa shape index (κ2) is 4.86. The van der Waals surface area contributed by atoms with Crippen molar-refractivity contribution in [2.75, 3.05) is 6.61 Å². The predicted molar refractivity (Wildman–Crippen MR) is 72.9 cm³/mol. The highest BCUT2D eigenvalue weighted by atomic mass is 32.1. The number of ether oxygens (including phenoxy) is 1. The van der Waals surface area contributed by atoms with Crippen LogP contribution >= 0.6 is 12.6 Å². The van der Waals surface area contributed by atoms with Crippen LogP contribution < -0.4 is 0 Å². The Labute approximate surface area is 115 Å². The number of benzene rings is 1. The molecule has 0 spiro atoms. The monoisotopic (exact) mass is 278 g/mol. The lowest BCUT2D eigenvalue weighted by Gasteiger charge is -2.12. The molecule has 0 bridgehead atoms.